The second-order valence-electron chi connectivity index (χ2n) is 3.68. The highest BCUT2D eigenvalue weighted by atomic mass is 16.5. The van der Waals surface area contributed by atoms with Crippen molar-refractivity contribution in [3.8, 4) is 17.1 Å². The van der Waals surface area contributed by atoms with Crippen LogP contribution < -0.4 is 5.32 Å². The molecule has 0 aliphatic rings. The second-order valence-corrected chi connectivity index (χ2v) is 3.68. The third-order valence-corrected chi connectivity index (χ3v) is 2.26. The van der Waals surface area contributed by atoms with Gasteiger partial charge >= 0.3 is 6.09 Å². The maximum absolute atomic E-state index is 10.5. The Morgan fingerprint density at radius 1 is 1.50 bits per heavy atom. The molecule has 2 aromatic rings. The molecule has 0 aliphatic carbocycles. The summed E-state index contributed by atoms with van der Waals surface area (Å²) in [5.41, 5.74) is 0.590. The fourth-order valence-electron chi connectivity index (χ4n) is 1.42. The van der Waals surface area contributed by atoms with Crippen LogP contribution in [0.3, 0.4) is 0 Å². The molecule has 0 spiro atoms. The van der Waals surface area contributed by atoms with E-state index in [1.54, 1.807) is 19.1 Å². The van der Waals surface area contributed by atoms with Gasteiger partial charge in [0.1, 0.15) is 11.8 Å². The van der Waals surface area contributed by atoms with Crippen LogP contribution >= 0.6 is 0 Å². The summed E-state index contributed by atoms with van der Waals surface area (Å²) in [5, 5.41) is 23.8. The number of rotatable bonds is 3. The number of carboxylic acid groups (broad SMARTS) is 1. The van der Waals surface area contributed by atoms with Crippen LogP contribution in [0.4, 0.5) is 4.79 Å². The highest BCUT2D eigenvalue weighted by molar-refractivity contribution is 5.65. The summed E-state index contributed by atoms with van der Waals surface area (Å²) in [5.74, 6) is 0.547. The first-order valence-electron chi connectivity index (χ1n) is 5.18. The number of benzene rings is 1. The first-order chi connectivity index (χ1) is 8.56. The lowest BCUT2D eigenvalue weighted by molar-refractivity contribution is 0.187. The van der Waals surface area contributed by atoms with Crippen LogP contribution in [0.1, 0.15) is 18.9 Å². The smallest absolute Gasteiger partial charge is 0.405 e. The number of hydrogen-bond acceptors (Lipinski definition) is 5. The molecule has 1 aromatic carbocycles. The average Bonchev–Trinajstić information content (AvgIpc) is 2.77. The van der Waals surface area contributed by atoms with Crippen molar-refractivity contribution in [1.29, 1.82) is 0 Å². The molecule has 1 heterocycles. The van der Waals surface area contributed by atoms with Gasteiger partial charge in [0.15, 0.2) is 0 Å². The molecule has 3 N–H and O–H groups in total. The Morgan fingerprint density at radius 3 is 2.94 bits per heavy atom. The van der Waals surface area contributed by atoms with Crippen LogP contribution in [0, 0.1) is 0 Å². The van der Waals surface area contributed by atoms with E-state index in [2.05, 4.69) is 15.5 Å². The summed E-state index contributed by atoms with van der Waals surface area (Å²) < 4.78 is 4.95. The molecular formula is C11H11N3O4. The van der Waals surface area contributed by atoms with Gasteiger partial charge in [-0.05, 0) is 19.1 Å². The zero-order chi connectivity index (χ0) is 13.1. The van der Waals surface area contributed by atoms with Crippen molar-refractivity contribution in [2.24, 2.45) is 0 Å². The third kappa shape index (κ3) is 2.57. The highest BCUT2D eigenvalue weighted by Gasteiger charge is 2.16. The minimum atomic E-state index is -1.17. The van der Waals surface area contributed by atoms with Gasteiger partial charge in [0, 0.05) is 5.56 Å². The van der Waals surface area contributed by atoms with Gasteiger partial charge in [0.05, 0.1) is 0 Å². The van der Waals surface area contributed by atoms with E-state index in [0.29, 0.717) is 11.4 Å². The number of phenolic OH excluding ortho intramolecular Hbond substituents is 1. The quantitative estimate of drug-likeness (QED) is 0.764. The van der Waals surface area contributed by atoms with E-state index in [1.807, 2.05) is 0 Å². The number of amides is 1. The van der Waals surface area contributed by atoms with E-state index in [0.717, 1.165) is 0 Å². The second kappa shape index (κ2) is 4.74. The van der Waals surface area contributed by atoms with Crippen LogP contribution in [-0.4, -0.2) is 26.4 Å². The zero-order valence-electron chi connectivity index (χ0n) is 9.49. The summed E-state index contributed by atoms with van der Waals surface area (Å²) in [6.45, 7) is 1.59. The van der Waals surface area contributed by atoms with Gasteiger partial charge in [-0.1, -0.05) is 17.3 Å². The number of hydrogen-bond donors (Lipinski definition) is 3. The van der Waals surface area contributed by atoms with E-state index >= 15 is 0 Å². The van der Waals surface area contributed by atoms with Gasteiger partial charge in [-0.15, -0.1) is 0 Å². The van der Waals surface area contributed by atoms with Gasteiger partial charge in [-0.2, -0.15) is 4.98 Å². The lowest BCUT2D eigenvalue weighted by Crippen LogP contribution is -2.24. The number of aromatic nitrogens is 2. The van der Waals surface area contributed by atoms with Crippen LogP contribution in [-0.2, 0) is 0 Å². The summed E-state index contributed by atoms with van der Waals surface area (Å²) >= 11 is 0. The topological polar surface area (TPSA) is 108 Å². The first-order valence-corrected chi connectivity index (χ1v) is 5.18. The minimum absolute atomic E-state index is 0.0931. The van der Waals surface area contributed by atoms with Gasteiger partial charge in [-0.25, -0.2) is 4.79 Å². The summed E-state index contributed by atoms with van der Waals surface area (Å²) in [6, 6.07) is 5.79. The maximum Gasteiger partial charge on any atom is 0.405 e. The molecule has 1 aromatic heterocycles. The van der Waals surface area contributed by atoms with Crippen molar-refractivity contribution in [2.45, 2.75) is 13.0 Å². The van der Waals surface area contributed by atoms with E-state index in [9.17, 15) is 9.90 Å². The van der Waals surface area contributed by atoms with Gasteiger partial charge in [-0.3, -0.25) is 0 Å². The molecular weight excluding hydrogens is 238 g/mol. The molecule has 2 rings (SSSR count). The molecule has 0 aliphatic heterocycles. The third-order valence-electron chi connectivity index (χ3n) is 2.26. The van der Waals surface area contributed by atoms with Crippen molar-refractivity contribution >= 4 is 6.09 Å². The Labute approximate surface area is 102 Å². The number of nitrogens with one attached hydrogen (secondary N) is 1. The van der Waals surface area contributed by atoms with Crippen molar-refractivity contribution in [3.63, 3.8) is 0 Å². The van der Waals surface area contributed by atoms with Crippen molar-refractivity contribution < 1.29 is 19.5 Å². The molecule has 1 unspecified atom stereocenters. The first kappa shape index (κ1) is 11.9. The highest BCUT2D eigenvalue weighted by Crippen LogP contribution is 2.21. The Bertz CT molecular complexity index is 567. The van der Waals surface area contributed by atoms with Crippen LogP contribution in [0.15, 0.2) is 28.8 Å². The molecule has 1 amide bonds. The predicted octanol–water partition coefficient (Wildman–Crippen LogP) is 1.77. The van der Waals surface area contributed by atoms with Crippen LogP contribution in [0.5, 0.6) is 5.75 Å². The minimum Gasteiger partial charge on any atom is -0.508 e. The molecule has 18 heavy (non-hydrogen) atoms. The van der Waals surface area contributed by atoms with E-state index < -0.39 is 12.1 Å². The standard InChI is InChI=1S/C11H11N3O4/c1-6(12-11(16)17)10-13-9(14-18-10)7-3-2-4-8(15)5-7/h2-6,12,15H,1H3,(H,16,17). The van der Waals surface area contributed by atoms with Crippen molar-refractivity contribution in [3.05, 3.63) is 30.2 Å². The molecule has 7 heteroatoms. The number of aromatic hydroxyl groups is 1. The maximum atomic E-state index is 10.5. The van der Waals surface area contributed by atoms with Gasteiger partial charge < -0.3 is 20.1 Å². The summed E-state index contributed by atoms with van der Waals surface area (Å²) in [7, 11) is 0. The lowest BCUT2D eigenvalue weighted by Gasteiger charge is -2.04. The van der Waals surface area contributed by atoms with E-state index in [4.69, 9.17) is 9.63 Å². The Hall–Kier alpha value is -2.57. The fourth-order valence-corrected chi connectivity index (χ4v) is 1.42. The zero-order valence-corrected chi connectivity index (χ0v) is 9.49. The summed E-state index contributed by atoms with van der Waals surface area (Å²) in [4.78, 5) is 14.5. The van der Waals surface area contributed by atoms with Crippen molar-refractivity contribution in [2.75, 3.05) is 0 Å². The largest absolute Gasteiger partial charge is 0.508 e. The Kier molecular flexibility index (Phi) is 3.13. The molecule has 0 fully saturated rings. The number of nitrogens with zero attached hydrogens (tertiary/aromatic N) is 2. The SMILES string of the molecule is CC(NC(=O)O)c1nc(-c2cccc(O)c2)no1. The molecule has 94 valence electrons. The predicted molar refractivity (Wildman–Crippen MR) is 61.0 cm³/mol. The molecule has 0 saturated heterocycles. The van der Waals surface area contributed by atoms with Crippen LogP contribution in [0.2, 0.25) is 0 Å². The molecule has 1 atom stereocenters. The van der Waals surface area contributed by atoms with E-state index in [-0.39, 0.29) is 11.6 Å². The Morgan fingerprint density at radius 2 is 2.28 bits per heavy atom. The lowest BCUT2D eigenvalue weighted by atomic mass is 10.2. The monoisotopic (exact) mass is 249 g/mol. The fraction of sp³-hybridized carbons (Fsp3) is 0.182. The number of phenols is 1. The normalized spacial score (nSPS) is 12.1. The molecule has 0 saturated carbocycles. The van der Waals surface area contributed by atoms with Gasteiger partial charge in [0.25, 0.3) is 0 Å². The van der Waals surface area contributed by atoms with Crippen molar-refractivity contribution in [1.82, 2.24) is 15.5 Å². The molecule has 7 nitrogen and oxygen atoms in total. The van der Waals surface area contributed by atoms with Crippen LogP contribution in [0.25, 0.3) is 11.4 Å². The Balaban J connectivity index is 2.22. The van der Waals surface area contributed by atoms with Gasteiger partial charge in [0.2, 0.25) is 11.7 Å². The molecule has 0 bridgehead atoms. The average molecular weight is 249 g/mol. The van der Waals surface area contributed by atoms with E-state index in [1.165, 1.54) is 12.1 Å². The summed E-state index contributed by atoms with van der Waals surface area (Å²) in [6.07, 6.45) is -1.17. The number of carbonyl (C=O) groups is 1. The molecule has 0 radical (unpaired) electrons.